The van der Waals surface area contributed by atoms with Gasteiger partial charge in [0.15, 0.2) is 0 Å². The molecule has 0 saturated heterocycles. The van der Waals surface area contributed by atoms with Crippen molar-refractivity contribution in [3.05, 3.63) is 58.8 Å². The number of rotatable bonds is 2. The highest BCUT2D eigenvalue weighted by atomic mass is 16.3. The van der Waals surface area contributed by atoms with Crippen molar-refractivity contribution in [2.75, 3.05) is 5.73 Å². The molecule has 0 spiro atoms. The predicted octanol–water partition coefficient (Wildman–Crippen LogP) is 2.36. The maximum Gasteiger partial charge on any atom is 0.129 e. The van der Waals surface area contributed by atoms with E-state index in [-0.39, 0.29) is 0 Å². The van der Waals surface area contributed by atoms with Gasteiger partial charge in [0.1, 0.15) is 11.9 Å². The van der Waals surface area contributed by atoms with Gasteiger partial charge in [-0.25, -0.2) is 4.98 Å². The molecule has 3 N–H and O–H groups in total. The molecule has 17 heavy (non-hydrogen) atoms. The first kappa shape index (κ1) is 11.6. The van der Waals surface area contributed by atoms with E-state index in [1.807, 2.05) is 44.2 Å². The molecule has 0 radical (unpaired) electrons. The Morgan fingerprint density at radius 3 is 2.65 bits per heavy atom. The minimum Gasteiger partial charge on any atom is -0.384 e. The van der Waals surface area contributed by atoms with Crippen molar-refractivity contribution in [1.29, 1.82) is 0 Å². The van der Waals surface area contributed by atoms with E-state index in [9.17, 15) is 5.11 Å². The van der Waals surface area contributed by atoms with E-state index in [2.05, 4.69) is 4.98 Å². The Hall–Kier alpha value is -1.87. The molecule has 3 heteroatoms. The van der Waals surface area contributed by atoms with Gasteiger partial charge in [0.2, 0.25) is 0 Å². The van der Waals surface area contributed by atoms with Crippen molar-refractivity contribution in [2.45, 2.75) is 20.0 Å². The molecule has 0 fully saturated rings. The van der Waals surface area contributed by atoms with Gasteiger partial charge in [0.25, 0.3) is 0 Å². The number of benzene rings is 1. The van der Waals surface area contributed by atoms with Crippen LogP contribution in [0.25, 0.3) is 0 Å². The number of aryl methyl sites for hydroxylation is 2. The van der Waals surface area contributed by atoms with Gasteiger partial charge in [-0.3, -0.25) is 0 Å². The standard InChI is InChI=1S/C14H16N2O/c1-9-4-3-5-11(8-9)13(17)12-10(2)6-7-16-14(12)15/h3-8,13,17H,1-2H3,(H2,15,16). The summed E-state index contributed by atoms with van der Waals surface area (Å²) in [7, 11) is 0. The summed E-state index contributed by atoms with van der Waals surface area (Å²) in [5.41, 5.74) is 9.42. The second-order valence-electron chi connectivity index (χ2n) is 4.24. The molecule has 0 aliphatic rings. The van der Waals surface area contributed by atoms with Crippen molar-refractivity contribution >= 4 is 5.82 Å². The Bertz CT molecular complexity index is 517. The van der Waals surface area contributed by atoms with E-state index in [1.165, 1.54) is 0 Å². The normalized spacial score (nSPS) is 12.4. The molecule has 1 aromatic carbocycles. The number of aromatic nitrogens is 1. The summed E-state index contributed by atoms with van der Waals surface area (Å²) in [5.74, 6) is 0.388. The van der Waals surface area contributed by atoms with Gasteiger partial charge in [0, 0.05) is 11.8 Å². The Labute approximate surface area is 101 Å². The smallest absolute Gasteiger partial charge is 0.129 e. The van der Waals surface area contributed by atoms with E-state index < -0.39 is 6.10 Å². The van der Waals surface area contributed by atoms with E-state index in [1.54, 1.807) is 6.20 Å². The number of nitrogens with zero attached hydrogens (tertiary/aromatic N) is 1. The Morgan fingerprint density at radius 1 is 1.24 bits per heavy atom. The van der Waals surface area contributed by atoms with Crippen LogP contribution in [0.15, 0.2) is 36.5 Å². The number of anilines is 1. The lowest BCUT2D eigenvalue weighted by atomic mass is 9.97. The minimum absolute atomic E-state index is 0.388. The molecule has 1 unspecified atom stereocenters. The van der Waals surface area contributed by atoms with Crippen LogP contribution in [0.5, 0.6) is 0 Å². The number of pyridine rings is 1. The summed E-state index contributed by atoms with van der Waals surface area (Å²) in [6, 6.07) is 9.62. The first-order valence-corrected chi connectivity index (χ1v) is 5.55. The Morgan fingerprint density at radius 2 is 2.00 bits per heavy atom. The topological polar surface area (TPSA) is 59.1 Å². The molecule has 2 aromatic rings. The lowest BCUT2D eigenvalue weighted by Gasteiger charge is -2.16. The lowest BCUT2D eigenvalue weighted by Crippen LogP contribution is -2.07. The van der Waals surface area contributed by atoms with Crippen LogP contribution < -0.4 is 5.73 Å². The van der Waals surface area contributed by atoms with Crippen molar-refractivity contribution in [2.24, 2.45) is 0 Å². The number of hydrogen-bond donors (Lipinski definition) is 2. The summed E-state index contributed by atoms with van der Waals surface area (Å²) in [4.78, 5) is 4.03. The second kappa shape index (κ2) is 4.55. The zero-order valence-electron chi connectivity index (χ0n) is 10.0. The van der Waals surface area contributed by atoms with Gasteiger partial charge >= 0.3 is 0 Å². The maximum atomic E-state index is 10.4. The molecular formula is C14H16N2O. The molecule has 0 aliphatic carbocycles. The summed E-state index contributed by atoms with van der Waals surface area (Å²) in [6.45, 7) is 3.92. The molecule has 0 saturated carbocycles. The Balaban J connectivity index is 2.47. The maximum absolute atomic E-state index is 10.4. The van der Waals surface area contributed by atoms with E-state index in [4.69, 9.17) is 5.73 Å². The van der Waals surface area contributed by atoms with Crippen molar-refractivity contribution in [3.8, 4) is 0 Å². The van der Waals surface area contributed by atoms with Crippen LogP contribution in [-0.2, 0) is 0 Å². The summed E-state index contributed by atoms with van der Waals surface area (Å²) in [6.07, 6.45) is 0.931. The predicted molar refractivity (Wildman–Crippen MR) is 68.6 cm³/mol. The quantitative estimate of drug-likeness (QED) is 0.829. The average molecular weight is 228 g/mol. The fourth-order valence-corrected chi connectivity index (χ4v) is 1.95. The van der Waals surface area contributed by atoms with E-state index >= 15 is 0 Å². The van der Waals surface area contributed by atoms with Crippen LogP contribution in [0.3, 0.4) is 0 Å². The van der Waals surface area contributed by atoms with Gasteiger partial charge in [-0.2, -0.15) is 0 Å². The molecular weight excluding hydrogens is 212 g/mol. The fourth-order valence-electron chi connectivity index (χ4n) is 1.95. The van der Waals surface area contributed by atoms with Gasteiger partial charge in [0.05, 0.1) is 0 Å². The van der Waals surface area contributed by atoms with Gasteiger partial charge in [-0.15, -0.1) is 0 Å². The first-order chi connectivity index (χ1) is 8.09. The molecule has 2 rings (SSSR count). The largest absolute Gasteiger partial charge is 0.384 e. The molecule has 0 amide bonds. The highest BCUT2D eigenvalue weighted by Gasteiger charge is 2.16. The molecule has 1 aromatic heterocycles. The van der Waals surface area contributed by atoms with Crippen LogP contribution in [0.1, 0.15) is 28.4 Å². The third-order valence-corrected chi connectivity index (χ3v) is 2.87. The highest BCUT2D eigenvalue weighted by Crippen LogP contribution is 2.28. The van der Waals surface area contributed by atoms with Crippen molar-refractivity contribution in [1.82, 2.24) is 4.98 Å². The lowest BCUT2D eigenvalue weighted by molar-refractivity contribution is 0.220. The molecule has 0 aliphatic heterocycles. The van der Waals surface area contributed by atoms with E-state index in [0.29, 0.717) is 11.4 Å². The third kappa shape index (κ3) is 2.29. The van der Waals surface area contributed by atoms with Gasteiger partial charge < -0.3 is 10.8 Å². The number of nitrogens with two attached hydrogens (primary N) is 1. The highest BCUT2D eigenvalue weighted by molar-refractivity contribution is 5.49. The molecule has 1 atom stereocenters. The minimum atomic E-state index is -0.719. The number of aliphatic hydroxyl groups excluding tert-OH is 1. The molecule has 88 valence electrons. The first-order valence-electron chi connectivity index (χ1n) is 5.55. The van der Waals surface area contributed by atoms with Gasteiger partial charge in [-0.05, 0) is 31.0 Å². The van der Waals surface area contributed by atoms with Gasteiger partial charge in [-0.1, -0.05) is 29.8 Å². The monoisotopic (exact) mass is 228 g/mol. The van der Waals surface area contributed by atoms with Crippen LogP contribution in [0.4, 0.5) is 5.82 Å². The number of nitrogen functional groups attached to an aromatic ring is 1. The van der Waals surface area contributed by atoms with Crippen molar-refractivity contribution < 1.29 is 5.11 Å². The fraction of sp³-hybridized carbons (Fsp3) is 0.214. The Kier molecular flexibility index (Phi) is 3.11. The summed E-state index contributed by atoms with van der Waals surface area (Å²) < 4.78 is 0. The second-order valence-corrected chi connectivity index (χ2v) is 4.24. The summed E-state index contributed by atoms with van der Waals surface area (Å²) >= 11 is 0. The van der Waals surface area contributed by atoms with Crippen molar-refractivity contribution in [3.63, 3.8) is 0 Å². The van der Waals surface area contributed by atoms with Crippen LogP contribution in [-0.4, -0.2) is 10.1 Å². The molecule has 0 bridgehead atoms. The number of hydrogen-bond acceptors (Lipinski definition) is 3. The average Bonchev–Trinajstić information content (AvgIpc) is 2.28. The zero-order chi connectivity index (χ0) is 12.4. The SMILES string of the molecule is Cc1cccc(C(O)c2c(C)ccnc2N)c1. The van der Waals surface area contributed by atoms with Crippen LogP contribution in [0, 0.1) is 13.8 Å². The third-order valence-electron chi connectivity index (χ3n) is 2.87. The summed E-state index contributed by atoms with van der Waals surface area (Å²) in [5, 5.41) is 10.4. The zero-order valence-corrected chi connectivity index (χ0v) is 10.0. The van der Waals surface area contributed by atoms with E-state index in [0.717, 1.165) is 16.7 Å². The molecule has 3 nitrogen and oxygen atoms in total. The molecule has 1 heterocycles. The number of aliphatic hydroxyl groups is 1. The van der Waals surface area contributed by atoms with Crippen LogP contribution in [0.2, 0.25) is 0 Å². The van der Waals surface area contributed by atoms with Crippen LogP contribution >= 0.6 is 0 Å².